The van der Waals surface area contributed by atoms with Crippen molar-refractivity contribution in [1.82, 2.24) is 4.90 Å². The Balaban J connectivity index is 1.55. The van der Waals surface area contributed by atoms with Gasteiger partial charge in [-0.25, -0.2) is 4.39 Å². The second-order valence-corrected chi connectivity index (χ2v) is 7.63. The summed E-state index contributed by atoms with van der Waals surface area (Å²) in [7, 11) is 2.15. The van der Waals surface area contributed by atoms with E-state index >= 15 is 0 Å². The van der Waals surface area contributed by atoms with Gasteiger partial charge in [0.1, 0.15) is 5.82 Å². The highest BCUT2D eigenvalue weighted by Gasteiger charge is 2.16. The largest absolute Gasteiger partial charge is 0.369 e. The lowest BCUT2D eigenvalue weighted by atomic mass is 10.1. The topological polar surface area (TPSA) is 35.6 Å². The van der Waals surface area contributed by atoms with Crippen molar-refractivity contribution >= 4 is 29.0 Å². The molecule has 0 radical (unpaired) electrons. The highest BCUT2D eigenvalue weighted by atomic mass is 32.2. The molecule has 1 aliphatic rings. The number of rotatable bonds is 5. The maximum Gasteiger partial charge on any atom is 0.234 e. The SMILES string of the molecule is Cc1cc(NC(=O)CSc2ccc(F)cc2)ccc1N1CCN(C)CC1. The number of carbonyl (C=O) groups is 1. The lowest BCUT2D eigenvalue weighted by molar-refractivity contribution is -0.113. The third-order valence-electron chi connectivity index (χ3n) is 4.51. The Morgan fingerprint density at radius 2 is 1.81 bits per heavy atom. The zero-order valence-corrected chi connectivity index (χ0v) is 16.0. The van der Waals surface area contributed by atoms with Crippen LogP contribution in [0, 0.1) is 12.7 Å². The quantitative estimate of drug-likeness (QED) is 0.812. The molecule has 2 aromatic carbocycles. The number of aryl methyl sites for hydroxylation is 1. The normalized spacial score (nSPS) is 15.1. The summed E-state index contributed by atoms with van der Waals surface area (Å²) in [5.41, 5.74) is 3.21. The van der Waals surface area contributed by atoms with Crippen molar-refractivity contribution in [2.45, 2.75) is 11.8 Å². The maximum absolute atomic E-state index is 12.9. The number of halogens is 1. The van der Waals surface area contributed by atoms with E-state index in [1.807, 2.05) is 12.1 Å². The third-order valence-corrected chi connectivity index (χ3v) is 5.52. The Morgan fingerprint density at radius 1 is 1.12 bits per heavy atom. The van der Waals surface area contributed by atoms with Gasteiger partial charge in [0.15, 0.2) is 0 Å². The van der Waals surface area contributed by atoms with Crippen LogP contribution in [0.15, 0.2) is 47.4 Å². The summed E-state index contributed by atoms with van der Waals surface area (Å²) < 4.78 is 12.9. The number of anilines is 2. The molecule has 6 heteroatoms. The summed E-state index contributed by atoms with van der Waals surface area (Å²) in [6.45, 7) is 6.27. The lowest BCUT2D eigenvalue weighted by Crippen LogP contribution is -2.44. The number of benzene rings is 2. The van der Waals surface area contributed by atoms with Gasteiger partial charge in [0.25, 0.3) is 0 Å². The molecule has 1 N–H and O–H groups in total. The molecule has 0 atom stereocenters. The molecule has 0 saturated carbocycles. The van der Waals surface area contributed by atoms with Gasteiger partial charge in [-0.15, -0.1) is 11.8 Å². The number of piperazine rings is 1. The summed E-state index contributed by atoms with van der Waals surface area (Å²) in [6.07, 6.45) is 0. The van der Waals surface area contributed by atoms with Gasteiger partial charge in [0.2, 0.25) is 5.91 Å². The van der Waals surface area contributed by atoms with Crippen LogP contribution in [0.5, 0.6) is 0 Å². The van der Waals surface area contributed by atoms with Gasteiger partial charge in [-0.05, 0) is 62.0 Å². The van der Waals surface area contributed by atoms with E-state index < -0.39 is 0 Å². The van der Waals surface area contributed by atoms with Crippen LogP contribution in [0.1, 0.15) is 5.56 Å². The molecule has 0 bridgehead atoms. The van der Waals surface area contributed by atoms with Crippen molar-refractivity contribution in [3.8, 4) is 0 Å². The Kier molecular flexibility index (Phi) is 6.16. The maximum atomic E-state index is 12.9. The van der Waals surface area contributed by atoms with Gasteiger partial charge in [-0.3, -0.25) is 4.79 Å². The molecule has 4 nitrogen and oxygen atoms in total. The van der Waals surface area contributed by atoms with Crippen molar-refractivity contribution in [3.63, 3.8) is 0 Å². The summed E-state index contributed by atoms with van der Waals surface area (Å²) >= 11 is 1.40. The summed E-state index contributed by atoms with van der Waals surface area (Å²) in [6, 6.07) is 12.2. The zero-order valence-electron chi connectivity index (χ0n) is 15.2. The molecule has 3 rings (SSSR count). The minimum Gasteiger partial charge on any atom is -0.369 e. The monoisotopic (exact) mass is 373 g/mol. The molecule has 26 heavy (non-hydrogen) atoms. The van der Waals surface area contributed by atoms with Crippen LogP contribution in [0.3, 0.4) is 0 Å². The molecule has 1 aliphatic heterocycles. The van der Waals surface area contributed by atoms with E-state index in [0.717, 1.165) is 36.8 Å². The van der Waals surface area contributed by atoms with Crippen LogP contribution in [0.25, 0.3) is 0 Å². The first-order valence-corrected chi connectivity index (χ1v) is 9.72. The number of nitrogens with zero attached hydrogens (tertiary/aromatic N) is 2. The van der Waals surface area contributed by atoms with Crippen LogP contribution in [-0.2, 0) is 4.79 Å². The smallest absolute Gasteiger partial charge is 0.234 e. The van der Waals surface area contributed by atoms with E-state index in [0.29, 0.717) is 5.75 Å². The fourth-order valence-electron chi connectivity index (χ4n) is 3.01. The summed E-state index contributed by atoms with van der Waals surface area (Å²) in [4.78, 5) is 17.8. The fraction of sp³-hybridized carbons (Fsp3) is 0.350. The number of amides is 1. The molecule has 1 fully saturated rings. The van der Waals surface area contributed by atoms with Crippen LogP contribution in [0.4, 0.5) is 15.8 Å². The lowest BCUT2D eigenvalue weighted by Gasteiger charge is -2.35. The van der Waals surface area contributed by atoms with Gasteiger partial charge in [0.05, 0.1) is 5.75 Å². The highest BCUT2D eigenvalue weighted by Crippen LogP contribution is 2.25. The van der Waals surface area contributed by atoms with E-state index in [9.17, 15) is 9.18 Å². The molecular formula is C20H24FN3OS. The predicted octanol–water partition coefficient (Wildman–Crippen LogP) is 3.62. The molecular weight excluding hydrogens is 349 g/mol. The van der Waals surface area contributed by atoms with Crippen molar-refractivity contribution in [2.75, 3.05) is 49.2 Å². The zero-order chi connectivity index (χ0) is 18.5. The van der Waals surface area contributed by atoms with Gasteiger partial charge in [0, 0.05) is 42.4 Å². The minimum absolute atomic E-state index is 0.0638. The second-order valence-electron chi connectivity index (χ2n) is 6.58. The first kappa shape index (κ1) is 18.7. The van der Waals surface area contributed by atoms with E-state index in [-0.39, 0.29) is 11.7 Å². The molecule has 2 aromatic rings. The molecule has 0 spiro atoms. The fourth-order valence-corrected chi connectivity index (χ4v) is 3.71. The number of carbonyl (C=O) groups excluding carboxylic acids is 1. The Labute approximate surface area is 158 Å². The Bertz CT molecular complexity index is 758. The average Bonchev–Trinajstić information content (AvgIpc) is 2.62. The van der Waals surface area contributed by atoms with E-state index in [1.54, 1.807) is 12.1 Å². The average molecular weight is 373 g/mol. The predicted molar refractivity (Wildman–Crippen MR) is 107 cm³/mol. The van der Waals surface area contributed by atoms with Crippen molar-refractivity contribution in [3.05, 3.63) is 53.8 Å². The number of hydrogen-bond donors (Lipinski definition) is 1. The van der Waals surface area contributed by atoms with E-state index in [2.05, 4.69) is 35.2 Å². The second kappa shape index (κ2) is 8.56. The molecule has 0 aliphatic carbocycles. The Hall–Kier alpha value is -2.05. The van der Waals surface area contributed by atoms with Gasteiger partial charge >= 0.3 is 0 Å². The molecule has 138 valence electrons. The molecule has 1 heterocycles. The number of likely N-dealkylation sites (N-methyl/N-ethyl adjacent to an activating group) is 1. The molecule has 0 aromatic heterocycles. The van der Waals surface area contributed by atoms with E-state index in [1.165, 1.54) is 35.1 Å². The van der Waals surface area contributed by atoms with Crippen molar-refractivity contribution in [1.29, 1.82) is 0 Å². The number of nitrogens with one attached hydrogen (secondary N) is 1. The van der Waals surface area contributed by atoms with Gasteiger partial charge in [-0.1, -0.05) is 0 Å². The van der Waals surface area contributed by atoms with Gasteiger partial charge in [-0.2, -0.15) is 0 Å². The van der Waals surface area contributed by atoms with Crippen LogP contribution < -0.4 is 10.2 Å². The molecule has 0 unspecified atom stereocenters. The van der Waals surface area contributed by atoms with Crippen molar-refractivity contribution < 1.29 is 9.18 Å². The number of hydrogen-bond acceptors (Lipinski definition) is 4. The third kappa shape index (κ3) is 4.99. The van der Waals surface area contributed by atoms with Crippen LogP contribution >= 0.6 is 11.8 Å². The van der Waals surface area contributed by atoms with Crippen LogP contribution in [-0.4, -0.2) is 49.8 Å². The standard InChI is InChI=1S/C20H24FN3OS/c1-15-13-17(5-8-19(15)24-11-9-23(2)10-12-24)22-20(25)14-26-18-6-3-16(21)4-7-18/h3-8,13H,9-12,14H2,1-2H3,(H,22,25). The Morgan fingerprint density at radius 3 is 2.46 bits per heavy atom. The highest BCUT2D eigenvalue weighted by molar-refractivity contribution is 8.00. The number of thioether (sulfide) groups is 1. The van der Waals surface area contributed by atoms with Crippen molar-refractivity contribution in [2.24, 2.45) is 0 Å². The van der Waals surface area contributed by atoms with Gasteiger partial charge < -0.3 is 15.1 Å². The first-order chi connectivity index (χ1) is 12.5. The minimum atomic E-state index is -0.269. The van der Waals surface area contributed by atoms with Crippen LogP contribution in [0.2, 0.25) is 0 Å². The summed E-state index contributed by atoms with van der Waals surface area (Å²) in [5, 5.41) is 2.94. The molecule has 1 amide bonds. The first-order valence-electron chi connectivity index (χ1n) is 8.73. The van der Waals surface area contributed by atoms with E-state index in [4.69, 9.17) is 0 Å². The summed E-state index contributed by atoms with van der Waals surface area (Å²) in [5.74, 6) is -0.0361. The molecule has 1 saturated heterocycles.